The molecule has 10 heavy (non-hydrogen) atoms. The van der Waals surface area contributed by atoms with Crippen molar-refractivity contribution in [3.8, 4) is 0 Å². The first-order valence-electron chi connectivity index (χ1n) is 3.88. The zero-order valence-corrected chi connectivity index (χ0v) is 6.64. The van der Waals surface area contributed by atoms with Gasteiger partial charge < -0.3 is 0 Å². The van der Waals surface area contributed by atoms with Gasteiger partial charge >= 0.3 is 0 Å². The Morgan fingerprint density at radius 1 is 1.30 bits per heavy atom. The summed E-state index contributed by atoms with van der Waals surface area (Å²) in [5, 5.41) is 0.580. The topological polar surface area (TPSA) is 29.4 Å². The van der Waals surface area contributed by atoms with Gasteiger partial charge in [0.1, 0.15) is 0 Å². The van der Waals surface area contributed by atoms with E-state index in [1.807, 2.05) is 0 Å². The Hall–Kier alpha value is -0.0500. The Morgan fingerprint density at radius 2 is 2.20 bits per heavy atom. The highest BCUT2D eigenvalue weighted by Crippen LogP contribution is 2.49. The van der Waals surface area contributed by atoms with Gasteiger partial charge in [0.25, 0.3) is 0 Å². The minimum absolute atomic E-state index is 0.580. The van der Waals surface area contributed by atoms with E-state index in [-0.39, 0.29) is 0 Å². The number of nitroso groups, excluding NO2 is 1. The molecular formula is C7H11NOS. The number of nitrogens with zero attached hydrogens (tertiary/aromatic N) is 1. The van der Waals surface area contributed by atoms with E-state index < -0.39 is 0 Å². The van der Waals surface area contributed by atoms with Crippen molar-refractivity contribution in [2.75, 3.05) is 0 Å². The van der Waals surface area contributed by atoms with Gasteiger partial charge in [-0.3, -0.25) is 0 Å². The quantitative estimate of drug-likeness (QED) is 0.455. The molecule has 0 spiro atoms. The fourth-order valence-corrected chi connectivity index (χ4v) is 3.26. The van der Waals surface area contributed by atoms with Crippen molar-refractivity contribution in [1.82, 2.24) is 0 Å². The fraction of sp³-hybridized carbons (Fsp3) is 1.00. The normalized spacial score (nSPS) is 44.2. The Bertz CT molecular complexity index is 151. The summed E-state index contributed by atoms with van der Waals surface area (Å²) in [7, 11) is 0. The first-order chi connectivity index (χ1) is 4.90. The summed E-state index contributed by atoms with van der Waals surface area (Å²) in [6, 6.07) is 0. The van der Waals surface area contributed by atoms with Gasteiger partial charge in [-0.05, 0) is 31.1 Å². The Kier molecular flexibility index (Phi) is 1.68. The van der Waals surface area contributed by atoms with Gasteiger partial charge in [-0.25, -0.2) is 0 Å². The van der Waals surface area contributed by atoms with E-state index in [1.165, 1.54) is 37.6 Å². The van der Waals surface area contributed by atoms with Crippen LogP contribution in [0.15, 0.2) is 4.58 Å². The standard InChI is InChI=1S/C7H11NOS/c9-8-10-7-4-5-1-2-6(7)3-5/h5-7H,1-4H2. The van der Waals surface area contributed by atoms with Crippen LogP contribution in [-0.2, 0) is 0 Å². The van der Waals surface area contributed by atoms with Gasteiger partial charge in [-0.2, -0.15) is 0 Å². The Labute approximate surface area is 64.9 Å². The van der Waals surface area contributed by atoms with Crippen molar-refractivity contribution in [1.29, 1.82) is 0 Å². The van der Waals surface area contributed by atoms with E-state index in [0.29, 0.717) is 5.25 Å². The van der Waals surface area contributed by atoms with Gasteiger partial charge in [0.15, 0.2) is 0 Å². The number of hydrogen-bond donors (Lipinski definition) is 0. The summed E-state index contributed by atoms with van der Waals surface area (Å²) >= 11 is 1.27. The average molecular weight is 157 g/mol. The highest BCUT2D eigenvalue weighted by Gasteiger charge is 2.40. The summed E-state index contributed by atoms with van der Waals surface area (Å²) in [5.41, 5.74) is 0. The third-order valence-electron chi connectivity index (χ3n) is 2.85. The minimum Gasteiger partial charge on any atom is -0.137 e. The number of fused-ring (bicyclic) bond motifs is 2. The van der Waals surface area contributed by atoms with E-state index in [1.54, 1.807) is 0 Å². The maximum atomic E-state index is 9.95. The van der Waals surface area contributed by atoms with Crippen molar-refractivity contribution < 1.29 is 0 Å². The largest absolute Gasteiger partial charge is 0.137 e. The van der Waals surface area contributed by atoms with Gasteiger partial charge in [0.05, 0.1) is 0 Å². The molecule has 2 aliphatic carbocycles. The lowest BCUT2D eigenvalue weighted by Gasteiger charge is -2.16. The van der Waals surface area contributed by atoms with Gasteiger partial charge in [-0.1, -0.05) is 6.42 Å². The fourth-order valence-electron chi connectivity index (χ4n) is 2.37. The first-order valence-corrected chi connectivity index (χ1v) is 4.72. The van der Waals surface area contributed by atoms with E-state index in [0.717, 1.165) is 11.8 Å². The molecule has 0 N–H and O–H groups in total. The van der Waals surface area contributed by atoms with E-state index in [2.05, 4.69) is 4.58 Å². The summed E-state index contributed by atoms with van der Waals surface area (Å²) in [6.45, 7) is 0. The molecule has 0 aromatic heterocycles. The molecule has 2 bridgehead atoms. The predicted molar refractivity (Wildman–Crippen MR) is 42.6 cm³/mol. The highest BCUT2D eigenvalue weighted by molar-refractivity contribution is 7.98. The molecule has 0 aliphatic heterocycles. The minimum atomic E-state index is 0.580. The zero-order chi connectivity index (χ0) is 6.97. The smallest absolute Gasteiger partial charge is 0.0331 e. The molecule has 0 heterocycles. The summed E-state index contributed by atoms with van der Waals surface area (Å²) in [4.78, 5) is 9.95. The van der Waals surface area contributed by atoms with Crippen LogP contribution in [0.3, 0.4) is 0 Å². The second-order valence-electron chi connectivity index (χ2n) is 3.39. The van der Waals surface area contributed by atoms with Crippen molar-refractivity contribution >= 4 is 11.9 Å². The monoisotopic (exact) mass is 157 g/mol. The maximum absolute atomic E-state index is 9.95. The molecule has 2 aliphatic rings. The summed E-state index contributed by atoms with van der Waals surface area (Å²) in [6.07, 6.45) is 5.37. The molecule has 3 heteroatoms. The van der Waals surface area contributed by atoms with Crippen molar-refractivity contribution in [2.24, 2.45) is 16.4 Å². The van der Waals surface area contributed by atoms with Crippen LogP contribution in [0.4, 0.5) is 0 Å². The lowest BCUT2D eigenvalue weighted by Crippen LogP contribution is -2.10. The van der Waals surface area contributed by atoms with Crippen LogP contribution >= 0.6 is 11.9 Å². The second kappa shape index (κ2) is 2.53. The summed E-state index contributed by atoms with van der Waals surface area (Å²) in [5.74, 6) is 1.76. The van der Waals surface area contributed by atoms with Gasteiger partial charge in [0.2, 0.25) is 0 Å². The van der Waals surface area contributed by atoms with Crippen molar-refractivity contribution in [3.63, 3.8) is 0 Å². The van der Waals surface area contributed by atoms with E-state index >= 15 is 0 Å². The lowest BCUT2D eigenvalue weighted by molar-refractivity contribution is 0.492. The van der Waals surface area contributed by atoms with Gasteiger partial charge in [0, 0.05) is 21.8 Å². The SMILES string of the molecule is O=NSC1CC2CCC1C2. The zero-order valence-electron chi connectivity index (χ0n) is 5.82. The molecule has 2 saturated carbocycles. The molecule has 3 atom stereocenters. The second-order valence-corrected chi connectivity index (χ2v) is 4.36. The molecular weight excluding hydrogens is 146 g/mol. The van der Waals surface area contributed by atoms with Crippen molar-refractivity contribution in [3.05, 3.63) is 4.91 Å². The molecule has 56 valence electrons. The van der Waals surface area contributed by atoms with E-state index in [9.17, 15) is 4.91 Å². The predicted octanol–water partition coefficient (Wildman–Crippen LogP) is 2.59. The molecule has 2 nitrogen and oxygen atoms in total. The molecule has 0 radical (unpaired) electrons. The van der Waals surface area contributed by atoms with Gasteiger partial charge in [-0.15, -0.1) is 4.91 Å². The lowest BCUT2D eigenvalue weighted by atomic mass is 10.0. The molecule has 0 saturated heterocycles. The number of rotatable bonds is 2. The van der Waals surface area contributed by atoms with Crippen LogP contribution in [0.2, 0.25) is 0 Å². The molecule has 0 amide bonds. The first kappa shape index (κ1) is 6.65. The average Bonchev–Trinajstić information content (AvgIpc) is 2.48. The number of hydrogen-bond acceptors (Lipinski definition) is 3. The van der Waals surface area contributed by atoms with E-state index in [4.69, 9.17) is 0 Å². The van der Waals surface area contributed by atoms with Crippen LogP contribution in [0.5, 0.6) is 0 Å². The maximum Gasteiger partial charge on any atom is 0.0331 e. The van der Waals surface area contributed by atoms with Crippen LogP contribution in [0.1, 0.15) is 25.7 Å². The molecule has 2 rings (SSSR count). The highest BCUT2D eigenvalue weighted by atomic mass is 32.2. The van der Waals surface area contributed by atoms with Crippen LogP contribution in [-0.4, -0.2) is 5.25 Å². The Balaban J connectivity index is 1.95. The molecule has 3 unspecified atom stereocenters. The van der Waals surface area contributed by atoms with Crippen LogP contribution in [0.25, 0.3) is 0 Å². The Morgan fingerprint density at radius 3 is 2.70 bits per heavy atom. The molecule has 0 aromatic carbocycles. The summed E-state index contributed by atoms with van der Waals surface area (Å²) < 4.78 is 2.90. The van der Waals surface area contributed by atoms with Crippen LogP contribution < -0.4 is 0 Å². The molecule has 0 aromatic rings. The van der Waals surface area contributed by atoms with Crippen molar-refractivity contribution in [2.45, 2.75) is 30.9 Å². The third kappa shape index (κ3) is 0.965. The molecule has 2 fully saturated rings. The van der Waals surface area contributed by atoms with Crippen LogP contribution in [0, 0.1) is 16.7 Å². The third-order valence-corrected chi connectivity index (χ3v) is 3.79.